The normalized spacial score (nSPS) is 10.5. The average Bonchev–Trinajstić information content (AvgIpc) is 2.96. The molecule has 0 aliphatic carbocycles. The van der Waals surface area contributed by atoms with Crippen molar-refractivity contribution in [1.29, 1.82) is 0 Å². The van der Waals surface area contributed by atoms with Crippen LogP contribution >= 0.6 is 0 Å². The first-order valence-corrected chi connectivity index (χ1v) is 15.5. The van der Waals surface area contributed by atoms with Crippen molar-refractivity contribution >= 4 is 29.9 Å². The van der Waals surface area contributed by atoms with Gasteiger partial charge in [0.2, 0.25) is 5.91 Å². The maximum atomic E-state index is 11.8. The molecule has 0 fully saturated rings. The van der Waals surface area contributed by atoms with Crippen LogP contribution in [0.25, 0.3) is 0 Å². The lowest BCUT2D eigenvalue weighted by atomic mass is 10.1. The molecular weight excluding hydrogens is 548 g/mol. The van der Waals surface area contributed by atoms with Gasteiger partial charge in [0.25, 0.3) is 0 Å². The van der Waals surface area contributed by atoms with Crippen molar-refractivity contribution in [2.24, 2.45) is 0 Å². The minimum Gasteiger partial charge on any atom is -0.462 e. The SMILES string of the molecule is COCCCCCC(=O)OCCOC(=O)CCCCCCCNC(=O)OCCOC(=O)CCCCCCCNC(C)=O. The van der Waals surface area contributed by atoms with Crippen LogP contribution in [-0.4, -0.2) is 83.1 Å². The standard InChI is InChI=1S/C30H54N2O10/c1-26(33)31-19-13-7-3-5-10-17-28(35)41-24-25-42-30(37)32-20-14-8-4-6-11-16-27(34)39-22-23-40-29(36)18-12-9-15-21-38-2/h3-25H2,1-2H3,(H,31,33)(H,32,37). The largest absolute Gasteiger partial charge is 0.462 e. The lowest BCUT2D eigenvalue weighted by Gasteiger charge is -2.08. The van der Waals surface area contributed by atoms with Crippen LogP contribution in [0.1, 0.15) is 110 Å². The molecule has 0 spiro atoms. The van der Waals surface area contributed by atoms with Crippen molar-refractivity contribution in [2.75, 3.05) is 53.2 Å². The quantitative estimate of drug-likeness (QED) is 0.0749. The van der Waals surface area contributed by atoms with Gasteiger partial charge in [-0.15, -0.1) is 0 Å². The van der Waals surface area contributed by atoms with Crippen molar-refractivity contribution in [3.05, 3.63) is 0 Å². The van der Waals surface area contributed by atoms with Gasteiger partial charge in [-0.2, -0.15) is 0 Å². The number of nitrogens with one attached hydrogen (secondary N) is 2. The molecule has 2 N–H and O–H groups in total. The molecule has 0 aliphatic heterocycles. The number of alkyl carbamates (subject to hydrolysis) is 1. The monoisotopic (exact) mass is 602 g/mol. The zero-order valence-electron chi connectivity index (χ0n) is 25.8. The van der Waals surface area contributed by atoms with Crippen molar-refractivity contribution in [3.8, 4) is 0 Å². The maximum Gasteiger partial charge on any atom is 0.407 e. The molecule has 0 bridgehead atoms. The Balaban J connectivity index is 3.42. The zero-order valence-corrected chi connectivity index (χ0v) is 25.8. The molecule has 0 rings (SSSR count). The lowest BCUT2D eigenvalue weighted by molar-refractivity contribution is -0.152. The van der Waals surface area contributed by atoms with Gasteiger partial charge in [0, 0.05) is 53.0 Å². The number of rotatable bonds is 28. The minimum atomic E-state index is -0.541. The van der Waals surface area contributed by atoms with E-state index in [1.54, 1.807) is 7.11 Å². The summed E-state index contributed by atoms with van der Waals surface area (Å²) in [7, 11) is 1.65. The molecule has 2 amide bonds. The van der Waals surface area contributed by atoms with Crippen LogP contribution in [-0.2, 0) is 42.9 Å². The molecule has 0 aromatic rings. The molecule has 0 aromatic heterocycles. The molecule has 0 aliphatic rings. The van der Waals surface area contributed by atoms with Crippen molar-refractivity contribution in [1.82, 2.24) is 10.6 Å². The Morgan fingerprint density at radius 1 is 0.452 bits per heavy atom. The van der Waals surface area contributed by atoms with Crippen LogP contribution in [0.4, 0.5) is 4.79 Å². The van der Waals surface area contributed by atoms with Crippen molar-refractivity contribution < 1.29 is 47.7 Å². The number of ether oxygens (including phenoxy) is 5. The summed E-state index contributed by atoms with van der Waals surface area (Å²) in [4.78, 5) is 57.5. The predicted octanol–water partition coefficient (Wildman–Crippen LogP) is 4.37. The third-order valence-electron chi connectivity index (χ3n) is 6.18. The van der Waals surface area contributed by atoms with E-state index in [-0.39, 0.29) is 50.2 Å². The first-order chi connectivity index (χ1) is 20.3. The number of hydrogen-bond donors (Lipinski definition) is 2. The first kappa shape index (κ1) is 39.1. The van der Waals surface area contributed by atoms with Crippen LogP contribution in [0.5, 0.6) is 0 Å². The van der Waals surface area contributed by atoms with Gasteiger partial charge >= 0.3 is 24.0 Å². The molecule has 0 aromatic carbocycles. The summed E-state index contributed by atoms with van der Waals surface area (Å²) in [6, 6.07) is 0. The van der Waals surface area contributed by atoms with Crippen LogP contribution in [0.2, 0.25) is 0 Å². The van der Waals surface area contributed by atoms with E-state index >= 15 is 0 Å². The Bertz CT molecular complexity index is 733. The third-order valence-corrected chi connectivity index (χ3v) is 6.18. The van der Waals surface area contributed by atoms with Gasteiger partial charge in [0.05, 0.1) is 0 Å². The molecule has 0 unspecified atom stereocenters. The molecule has 42 heavy (non-hydrogen) atoms. The molecule has 12 nitrogen and oxygen atoms in total. The van der Waals surface area contributed by atoms with Gasteiger partial charge in [-0.25, -0.2) is 4.79 Å². The molecule has 0 atom stereocenters. The molecule has 0 radical (unpaired) electrons. The van der Waals surface area contributed by atoms with Gasteiger partial charge < -0.3 is 34.3 Å². The summed E-state index contributed by atoms with van der Waals surface area (Å²) < 4.78 is 25.2. The van der Waals surface area contributed by atoms with E-state index < -0.39 is 6.09 Å². The zero-order chi connectivity index (χ0) is 31.1. The summed E-state index contributed by atoms with van der Waals surface area (Å²) in [6.45, 7) is 3.55. The van der Waals surface area contributed by atoms with Crippen molar-refractivity contribution in [2.45, 2.75) is 110 Å². The number of esters is 3. The average molecular weight is 603 g/mol. The molecule has 0 saturated heterocycles. The lowest BCUT2D eigenvalue weighted by Crippen LogP contribution is -2.26. The number of unbranched alkanes of at least 4 members (excludes halogenated alkanes) is 10. The molecule has 244 valence electrons. The van der Waals surface area contributed by atoms with E-state index in [1.165, 1.54) is 6.92 Å². The highest BCUT2D eigenvalue weighted by Crippen LogP contribution is 2.07. The van der Waals surface area contributed by atoms with Gasteiger partial charge in [-0.1, -0.05) is 44.9 Å². The summed E-state index contributed by atoms with van der Waals surface area (Å²) in [5, 5.41) is 5.42. The minimum absolute atomic E-state index is 0.00850. The van der Waals surface area contributed by atoms with E-state index in [0.29, 0.717) is 45.4 Å². The summed E-state index contributed by atoms with van der Waals surface area (Å²) in [5.74, 6) is -0.895. The van der Waals surface area contributed by atoms with Crippen LogP contribution in [0.15, 0.2) is 0 Å². The van der Waals surface area contributed by atoms with Gasteiger partial charge in [-0.05, 0) is 38.5 Å². The Kier molecular flexibility index (Phi) is 27.6. The second-order valence-electron chi connectivity index (χ2n) is 10.0. The van der Waals surface area contributed by atoms with E-state index in [0.717, 1.165) is 77.0 Å². The fourth-order valence-electron chi connectivity index (χ4n) is 3.87. The van der Waals surface area contributed by atoms with Gasteiger partial charge in [-0.3, -0.25) is 19.2 Å². The highest BCUT2D eigenvalue weighted by atomic mass is 16.6. The Hall–Kier alpha value is -2.89. The van der Waals surface area contributed by atoms with Crippen LogP contribution < -0.4 is 10.6 Å². The molecular formula is C30H54N2O10. The Labute approximate surface area is 251 Å². The fraction of sp³-hybridized carbons (Fsp3) is 0.833. The second-order valence-corrected chi connectivity index (χ2v) is 10.0. The van der Waals surface area contributed by atoms with E-state index in [2.05, 4.69) is 10.6 Å². The van der Waals surface area contributed by atoms with Gasteiger partial charge in [0.1, 0.15) is 26.4 Å². The van der Waals surface area contributed by atoms with E-state index in [1.807, 2.05) is 0 Å². The Morgan fingerprint density at radius 2 is 0.833 bits per heavy atom. The van der Waals surface area contributed by atoms with Crippen molar-refractivity contribution in [3.63, 3.8) is 0 Å². The number of carbonyl (C=O) groups is 5. The van der Waals surface area contributed by atoms with Crippen LogP contribution in [0.3, 0.4) is 0 Å². The molecule has 12 heteroatoms. The summed E-state index contributed by atoms with van der Waals surface area (Å²) in [5.41, 5.74) is 0. The van der Waals surface area contributed by atoms with Crippen LogP contribution in [0, 0.1) is 0 Å². The highest BCUT2D eigenvalue weighted by molar-refractivity contribution is 5.72. The number of amides is 2. The number of carbonyl (C=O) groups excluding carboxylic acids is 5. The van der Waals surface area contributed by atoms with E-state index in [4.69, 9.17) is 23.7 Å². The number of methoxy groups -OCH3 is 1. The second kappa shape index (κ2) is 29.6. The van der Waals surface area contributed by atoms with Gasteiger partial charge in [0.15, 0.2) is 0 Å². The highest BCUT2D eigenvalue weighted by Gasteiger charge is 2.07. The molecule has 0 heterocycles. The Morgan fingerprint density at radius 3 is 1.29 bits per heavy atom. The fourth-order valence-corrected chi connectivity index (χ4v) is 3.87. The third kappa shape index (κ3) is 30.1. The maximum absolute atomic E-state index is 11.8. The first-order valence-electron chi connectivity index (χ1n) is 15.5. The summed E-state index contributed by atoms with van der Waals surface area (Å²) in [6.07, 6.45) is 11.9. The predicted molar refractivity (Wildman–Crippen MR) is 157 cm³/mol. The molecule has 0 saturated carbocycles. The number of hydrogen-bond acceptors (Lipinski definition) is 10. The topological polar surface area (TPSA) is 156 Å². The van der Waals surface area contributed by atoms with E-state index in [9.17, 15) is 24.0 Å². The smallest absolute Gasteiger partial charge is 0.407 e. The summed E-state index contributed by atoms with van der Waals surface area (Å²) >= 11 is 0.